The second-order valence-corrected chi connectivity index (χ2v) is 7.11. The lowest BCUT2D eigenvalue weighted by molar-refractivity contribution is -0.0424. The van der Waals surface area contributed by atoms with Crippen molar-refractivity contribution in [2.45, 2.75) is 44.5 Å². The summed E-state index contributed by atoms with van der Waals surface area (Å²) in [6.07, 6.45) is 5.17. The molecule has 16 heavy (non-hydrogen) atoms. The summed E-state index contributed by atoms with van der Waals surface area (Å²) in [5.74, 6) is 0. The van der Waals surface area contributed by atoms with Gasteiger partial charge in [0.25, 0.3) is 9.84 Å². The van der Waals surface area contributed by atoms with E-state index < -0.39 is 18.3 Å². The van der Waals surface area contributed by atoms with Gasteiger partial charge < -0.3 is 0 Å². The summed E-state index contributed by atoms with van der Waals surface area (Å²) < 4.78 is 57.4. The van der Waals surface area contributed by atoms with Gasteiger partial charge in [0.05, 0.1) is 0 Å². The van der Waals surface area contributed by atoms with Gasteiger partial charge in [0.15, 0.2) is 0 Å². The molecule has 0 radical (unpaired) electrons. The summed E-state index contributed by atoms with van der Waals surface area (Å²) in [6.45, 7) is 2.02. The molecule has 0 atom stereocenters. The maximum atomic E-state index is 12.1. The number of alkyl halides is 3. The Morgan fingerprint density at radius 3 is 2.25 bits per heavy atom. The van der Waals surface area contributed by atoms with Crippen LogP contribution in [0.1, 0.15) is 39.0 Å². The molecule has 0 aromatic carbocycles. The van der Waals surface area contributed by atoms with Crippen LogP contribution in [-0.2, 0) is 9.84 Å². The van der Waals surface area contributed by atoms with E-state index in [1.54, 1.807) is 0 Å². The minimum Gasteiger partial charge on any atom is -0.214 e. The molecule has 0 saturated heterocycles. The van der Waals surface area contributed by atoms with Crippen molar-refractivity contribution in [3.63, 3.8) is 0 Å². The number of hydrogen-bond donors (Lipinski definition) is 0. The maximum absolute atomic E-state index is 12.1. The third-order valence-electron chi connectivity index (χ3n) is 1.92. The van der Waals surface area contributed by atoms with Crippen LogP contribution in [-0.4, -0.2) is 13.9 Å². The number of sulfone groups is 1. The van der Waals surface area contributed by atoms with Gasteiger partial charge in [0.1, 0.15) is 2.91 Å². The van der Waals surface area contributed by atoms with Crippen molar-refractivity contribution < 1.29 is 21.6 Å². The lowest BCUT2D eigenvalue weighted by Crippen LogP contribution is -2.22. The standard InChI is InChI=1S/C9H14F3IO2S/c1-2-3-4-5-6-7-8(13)16(14,15)9(10,11)12/h7H,2-6H2,1H3/b8-7+. The summed E-state index contributed by atoms with van der Waals surface area (Å²) in [5.41, 5.74) is -5.19. The summed E-state index contributed by atoms with van der Waals surface area (Å²) in [7, 11) is -5.12. The van der Waals surface area contributed by atoms with Crippen molar-refractivity contribution in [3.8, 4) is 0 Å². The first-order chi connectivity index (χ1) is 7.23. The SMILES string of the molecule is CCCCCC/C=C(\I)S(=O)(=O)C(F)(F)F. The number of hydrogen-bond acceptors (Lipinski definition) is 2. The zero-order valence-corrected chi connectivity index (χ0v) is 11.8. The van der Waals surface area contributed by atoms with Gasteiger partial charge >= 0.3 is 5.51 Å². The van der Waals surface area contributed by atoms with E-state index in [1.807, 2.05) is 6.92 Å². The van der Waals surface area contributed by atoms with Crippen LogP contribution in [0.15, 0.2) is 8.99 Å². The molecule has 0 aromatic rings. The highest BCUT2D eigenvalue weighted by Crippen LogP contribution is 2.33. The third-order valence-corrected chi connectivity index (χ3v) is 5.39. The highest BCUT2D eigenvalue weighted by atomic mass is 127. The molecule has 96 valence electrons. The highest BCUT2D eigenvalue weighted by molar-refractivity contribution is 14.1. The Kier molecular flexibility index (Phi) is 6.92. The Balaban J connectivity index is 4.34. The lowest BCUT2D eigenvalue weighted by atomic mass is 10.2. The molecule has 0 unspecified atom stereocenters. The average Bonchev–Trinajstić information content (AvgIpc) is 2.15. The number of unbranched alkanes of at least 4 members (excludes halogenated alkanes) is 4. The van der Waals surface area contributed by atoms with Crippen LogP contribution in [0.3, 0.4) is 0 Å². The first-order valence-electron chi connectivity index (χ1n) is 4.90. The van der Waals surface area contributed by atoms with Crippen molar-refractivity contribution >= 4 is 32.4 Å². The fourth-order valence-corrected chi connectivity index (χ4v) is 2.63. The molecule has 0 spiro atoms. The smallest absolute Gasteiger partial charge is 0.214 e. The van der Waals surface area contributed by atoms with Gasteiger partial charge in [-0.05, 0) is 35.4 Å². The second kappa shape index (κ2) is 6.83. The van der Waals surface area contributed by atoms with E-state index in [0.717, 1.165) is 25.3 Å². The molecule has 0 heterocycles. The topological polar surface area (TPSA) is 34.1 Å². The zero-order valence-electron chi connectivity index (χ0n) is 8.85. The minimum absolute atomic E-state index is 0.369. The van der Waals surface area contributed by atoms with Gasteiger partial charge in [-0.25, -0.2) is 8.42 Å². The van der Waals surface area contributed by atoms with Crippen LogP contribution >= 0.6 is 22.6 Å². The summed E-state index contributed by atoms with van der Waals surface area (Å²) in [5, 5.41) is 0. The van der Waals surface area contributed by atoms with Crippen LogP contribution < -0.4 is 0 Å². The Morgan fingerprint density at radius 1 is 1.25 bits per heavy atom. The van der Waals surface area contributed by atoms with Crippen LogP contribution in [0.2, 0.25) is 0 Å². The predicted molar refractivity (Wildman–Crippen MR) is 65.8 cm³/mol. The minimum atomic E-state index is -5.19. The largest absolute Gasteiger partial charge is 0.502 e. The monoisotopic (exact) mass is 370 g/mol. The molecule has 0 aliphatic carbocycles. The van der Waals surface area contributed by atoms with Crippen LogP contribution in [0.5, 0.6) is 0 Å². The second-order valence-electron chi connectivity index (χ2n) is 3.31. The fourth-order valence-electron chi connectivity index (χ4n) is 1.01. The molecule has 2 nitrogen and oxygen atoms in total. The first-order valence-corrected chi connectivity index (χ1v) is 7.46. The summed E-state index contributed by atoms with van der Waals surface area (Å²) in [4.78, 5) is 0. The Labute approximate surface area is 107 Å². The molecular weight excluding hydrogens is 356 g/mol. The number of allylic oxidation sites excluding steroid dienone is 1. The first kappa shape index (κ1) is 16.2. The predicted octanol–water partition coefficient (Wildman–Crippen LogP) is 4.17. The molecule has 0 fully saturated rings. The van der Waals surface area contributed by atoms with Crippen molar-refractivity contribution in [2.75, 3.05) is 0 Å². The van der Waals surface area contributed by atoms with Crippen molar-refractivity contribution in [3.05, 3.63) is 8.99 Å². The molecule has 0 aliphatic heterocycles. The lowest BCUT2D eigenvalue weighted by Gasteiger charge is -2.06. The van der Waals surface area contributed by atoms with Gasteiger partial charge in [-0.3, -0.25) is 0 Å². The van der Waals surface area contributed by atoms with E-state index in [2.05, 4.69) is 0 Å². The number of halogens is 4. The van der Waals surface area contributed by atoms with Gasteiger partial charge in [0.2, 0.25) is 0 Å². The molecule has 0 saturated carbocycles. The molecule has 0 aromatic heterocycles. The van der Waals surface area contributed by atoms with Crippen molar-refractivity contribution in [2.24, 2.45) is 0 Å². The van der Waals surface area contributed by atoms with Crippen molar-refractivity contribution in [1.82, 2.24) is 0 Å². The normalized spacial score (nSPS) is 14.2. The van der Waals surface area contributed by atoms with Gasteiger partial charge in [-0.2, -0.15) is 13.2 Å². The van der Waals surface area contributed by atoms with Gasteiger partial charge in [-0.15, -0.1) is 0 Å². The maximum Gasteiger partial charge on any atom is 0.502 e. The van der Waals surface area contributed by atoms with E-state index >= 15 is 0 Å². The molecule has 7 heteroatoms. The third kappa shape index (κ3) is 5.03. The molecular formula is C9H14F3IO2S. The van der Waals surface area contributed by atoms with Crippen LogP contribution in [0.25, 0.3) is 0 Å². The summed E-state index contributed by atoms with van der Waals surface area (Å²) >= 11 is 1.22. The van der Waals surface area contributed by atoms with E-state index in [1.165, 1.54) is 22.6 Å². The average molecular weight is 370 g/mol. The molecule has 0 bridgehead atoms. The van der Waals surface area contributed by atoms with E-state index in [4.69, 9.17) is 0 Å². The Hall–Kier alpha value is 0.210. The van der Waals surface area contributed by atoms with Gasteiger partial charge in [0, 0.05) is 0 Å². The zero-order chi connectivity index (χ0) is 12.8. The van der Waals surface area contributed by atoms with E-state index in [-0.39, 0.29) is 0 Å². The molecule has 0 rings (SSSR count). The van der Waals surface area contributed by atoms with Gasteiger partial charge in [-0.1, -0.05) is 32.3 Å². The fraction of sp³-hybridized carbons (Fsp3) is 0.778. The Morgan fingerprint density at radius 2 is 1.81 bits per heavy atom. The Bertz CT molecular complexity index is 333. The van der Waals surface area contributed by atoms with Crippen molar-refractivity contribution in [1.29, 1.82) is 0 Å². The highest BCUT2D eigenvalue weighted by Gasteiger charge is 2.47. The van der Waals surface area contributed by atoms with E-state index in [9.17, 15) is 21.6 Å². The molecule has 0 N–H and O–H groups in total. The van der Waals surface area contributed by atoms with Crippen LogP contribution in [0, 0.1) is 0 Å². The summed E-state index contributed by atoms with van der Waals surface area (Å²) in [6, 6.07) is 0. The number of rotatable bonds is 6. The molecule has 0 amide bonds. The van der Waals surface area contributed by atoms with Crippen LogP contribution in [0.4, 0.5) is 13.2 Å². The van der Waals surface area contributed by atoms with E-state index in [0.29, 0.717) is 12.8 Å². The molecule has 0 aliphatic rings. The quantitative estimate of drug-likeness (QED) is 0.520.